The molecule has 4 aromatic rings. The quantitative estimate of drug-likeness (QED) is 0.0627. The summed E-state index contributed by atoms with van der Waals surface area (Å²) in [4.78, 5) is 29.8. The number of nitrogens with zero attached hydrogens (tertiary/aromatic N) is 6. The lowest BCUT2D eigenvalue weighted by Crippen LogP contribution is -2.27. The summed E-state index contributed by atoms with van der Waals surface area (Å²) in [5.41, 5.74) is 2.36. The van der Waals surface area contributed by atoms with Crippen molar-refractivity contribution < 1.29 is 23.8 Å². The highest BCUT2D eigenvalue weighted by atomic mass is 32.1. The van der Waals surface area contributed by atoms with Crippen molar-refractivity contribution >= 4 is 71.3 Å². The van der Waals surface area contributed by atoms with Gasteiger partial charge < -0.3 is 19.1 Å². The van der Waals surface area contributed by atoms with Gasteiger partial charge in [-0.1, -0.05) is 36.2 Å². The van der Waals surface area contributed by atoms with Gasteiger partial charge in [0.05, 0.1) is 22.6 Å². The third-order valence-corrected chi connectivity index (χ3v) is 7.45. The molecule has 212 valence electrons. The number of thiophene rings is 1. The SMILES string of the molecule is C=CC(=O)OCCN(CC)c1ccc(N=Nc2nc3sc(N=Nc4ccc(OCOC(=O)CC)cc4)cc3s2)cc1. The molecule has 0 N–H and O–H groups in total. The molecule has 0 aliphatic rings. The van der Waals surface area contributed by atoms with Crippen LogP contribution in [0.4, 0.5) is 27.2 Å². The minimum atomic E-state index is -0.428. The minimum absolute atomic E-state index is 0.129. The molecule has 2 aromatic heterocycles. The predicted octanol–water partition coefficient (Wildman–Crippen LogP) is 8.03. The van der Waals surface area contributed by atoms with Crippen molar-refractivity contribution in [3.63, 3.8) is 0 Å². The van der Waals surface area contributed by atoms with Gasteiger partial charge in [-0.05, 0) is 61.5 Å². The number of fused-ring (bicyclic) bond motifs is 1. The molecule has 0 aliphatic heterocycles. The van der Waals surface area contributed by atoms with E-state index in [9.17, 15) is 9.59 Å². The first-order valence-corrected chi connectivity index (χ1v) is 14.4. The number of azo groups is 2. The van der Waals surface area contributed by atoms with Crippen LogP contribution in [0.15, 0.2) is 87.7 Å². The first-order valence-electron chi connectivity index (χ1n) is 12.7. The van der Waals surface area contributed by atoms with Gasteiger partial charge >= 0.3 is 11.9 Å². The van der Waals surface area contributed by atoms with Gasteiger partial charge in [-0.25, -0.2) is 9.78 Å². The predicted molar refractivity (Wildman–Crippen MR) is 160 cm³/mol. The summed E-state index contributed by atoms with van der Waals surface area (Å²) in [7, 11) is 0. The van der Waals surface area contributed by atoms with Crippen LogP contribution in [-0.2, 0) is 19.1 Å². The van der Waals surface area contributed by atoms with Crippen LogP contribution in [0.2, 0.25) is 0 Å². The van der Waals surface area contributed by atoms with E-state index in [1.807, 2.05) is 37.3 Å². The number of esters is 2. The van der Waals surface area contributed by atoms with E-state index >= 15 is 0 Å². The second-order valence-electron chi connectivity index (χ2n) is 8.24. The van der Waals surface area contributed by atoms with Gasteiger partial charge in [-0.2, -0.15) is 0 Å². The fourth-order valence-corrected chi connectivity index (χ4v) is 5.25. The Labute approximate surface area is 244 Å². The van der Waals surface area contributed by atoms with Crippen LogP contribution in [0.5, 0.6) is 5.75 Å². The molecular formula is C28H28N6O5S2. The number of thiazole rings is 1. The van der Waals surface area contributed by atoms with E-state index in [0.29, 0.717) is 35.2 Å². The molecular weight excluding hydrogens is 564 g/mol. The fraction of sp³-hybridized carbons (Fsp3) is 0.250. The lowest BCUT2D eigenvalue weighted by molar-refractivity contribution is -0.149. The highest BCUT2D eigenvalue weighted by molar-refractivity contribution is 7.30. The van der Waals surface area contributed by atoms with E-state index in [1.54, 1.807) is 31.2 Å². The molecule has 0 atom stereocenters. The number of likely N-dealkylation sites (N-methyl/N-ethyl adjacent to an activating group) is 1. The Morgan fingerprint density at radius 3 is 2.32 bits per heavy atom. The standard InChI is InChI=1S/C28H28N6O5S2/c1-4-25(35)37-16-15-34(6-3)21-11-7-19(8-12-21)31-33-28-29-27-23(40-28)17-24(41-27)32-30-20-9-13-22(14-10-20)38-18-39-26(36)5-2/h4,7-14,17H,1,5-6,15-16,18H2,2-3H3. The van der Waals surface area contributed by atoms with Gasteiger partial charge in [0.2, 0.25) is 11.9 Å². The van der Waals surface area contributed by atoms with Gasteiger partial charge in [0.15, 0.2) is 0 Å². The van der Waals surface area contributed by atoms with E-state index < -0.39 is 5.97 Å². The summed E-state index contributed by atoms with van der Waals surface area (Å²) in [5.74, 6) is -0.176. The molecule has 0 unspecified atom stereocenters. The van der Waals surface area contributed by atoms with Crippen molar-refractivity contribution in [2.45, 2.75) is 20.3 Å². The Bertz CT molecular complexity index is 1500. The molecule has 0 aliphatic carbocycles. The summed E-state index contributed by atoms with van der Waals surface area (Å²) in [6.07, 6.45) is 1.46. The van der Waals surface area contributed by atoms with Gasteiger partial charge in [0.1, 0.15) is 22.2 Å². The molecule has 0 radical (unpaired) electrons. The highest BCUT2D eigenvalue weighted by Gasteiger charge is 2.09. The summed E-state index contributed by atoms with van der Waals surface area (Å²) in [5, 5.41) is 18.5. The van der Waals surface area contributed by atoms with E-state index in [-0.39, 0.29) is 19.4 Å². The molecule has 41 heavy (non-hydrogen) atoms. The minimum Gasteiger partial charge on any atom is -0.461 e. The number of carbonyl (C=O) groups is 2. The Hall–Kier alpha value is -4.49. The number of anilines is 1. The number of benzene rings is 2. The van der Waals surface area contributed by atoms with Gasteiger partial charge in [0, 0.05) is 24.7 Å². The van der Waals surface area contributed by atoms with Crippen LogP contribution >= 0.6 is 22.7 Å². The lowest BCUT2D eigenvalue weighted by atomic mass is 10.2. The average molecular weight is 593 g/mol. The van der Waals surface area contributed by atoms with Gasteiger partial charge in [-0.3, -0.25) is 4.79 Å². The van der Waals surface area contributed by atoms with Crippen LogP contribution in [0.3, 0.4) is 0 Å². The molecule has 0 spiro atoms. The second kappa shape index (κ2) is 14.8. The van der Waals surface area contributed by atoms with Gasteiger partial charge in [0.25, 0.3) is 0 Å². The first-order chi connectivity index (χ1) is 20.0. The molecule has 0 fully saturated rings. The zero-order valence-electron chi connectivity index (χ0n) is 22.6. The molecule has 0 saturated heterocycles. The third kappa shape index (κ3) is 8.75. The van der Waals surface area contributed by atoms with E-state index in [4.69, 9.17) is 14.2 Å². The maximum Gasteiger partial charge on any atom is 0.330 e. The lowest BCUT2D eigenvalue weighted by Gasteiger charge is -2.22. The zero-order chi connectivity index (χ0) is 29.0. The van der Waals surface area contributed by atoms with Crippen molar-refractivity contribution in [2.24, 2.45) is 20.5 Å². The van der Waals surface area contributed by atoms with E-state index in [1.165, 1.54) is 22.7 Å². The smallest absolute Gasteiger partial charge is 0.330 e. The molecule has 4 rings (SSSR count). The Morgan fingerprint density at radius 1 is 0.951 bits per heavy atom. The topological polar surface area (TPSA) is 127 Å². The molecule has 0 saturated carbocycles. The molecule has 11 nitrogen and oxygen atoms in total. The maximum atomic E-state index is 11.2. The largest absolute Gasteiger partial charge is 0.461 e. The monoisotopic (exact) mass is 592 g/mol. The fourth-order valence-electron chi connectivity index (χ4n) is 3.40. The molecule has 2 heterocycles. The third-order valence-electron chi connectivity index (χ3n) is 5.52. The highest BCUT2D eigenvalue weighted by Crippen LogP contribution is 2.39. The van der Waals surface area contributed by atoms with Crippen molar-refractivity contribution in [2.75, 3.05) is 31.4 Å². The molecule has 2 aromatic carbocycles. The van der Waals surface area contributed by atoms with E-state index in [2.05, 4.69) is 36.9 Å². The average Bonchev–Trinajstić information content (AvgIpc) is 3.56. The van der Waals surface area contributed by atoms with Crippen LogP contribution in [0.1, 0.15) is 20.3 Å². The summed E-state index contributed by atoms with van der Waals surface area (Å²) in [6.45, 7) is 8.66. The van der Waals surface area contributed by atoms with E-state index in [0.717, 1.165) is 32.8 Å². The number of carbonyl (C=O) groups excluding carboxylic acids is 2. The van der Waals surface area contributed by atoms with Crippen molar-refractivity contribution in [1.29, 1.82) is 0 Å². The van der Waals surface area contributed by atoms with Crippen LogP contribution < -0.4 is 9.64 Å². The maximum absolute atomic E-state index is 11.2. The Kier molecular flexibility index (Phi) is 10.6. The Balaban J connectivity index is 1.30. The first kappa shape index (κ1) is 29.5. The number of ether oxygens (including phenoxy) is 3. The molecule has 0 bridgehead atoms. The number of hydrogen-bond acceptors (Lipinski definition) is 13. The second-order valence-corrected chi connectivity index (χ2v) is 10.3. The molecule has 13 heteroatoms. The zero-order valence-corrected chi connectivity index (χ0v) is 24.2. The van der Waals surface area contributed by atoms with Crippen LogP contribution in [0.25, 0.3) is 9.53 Å². The molecule has 0 amide bonds. The normalized spacial score (nSPS) is 11.3. The van der Waals surface area contributed by atoms with Crippen molar-refractivity contribution in [3.05, 3.63) is 67.3 Å². The number of aromatic nitrogens is 1. The van der Waals surface area contributed by atoms with Crippen molar-refractivity contribution in [1.82, 2.24) is 4.98 Å². The van der Waals surface area contributed by atoms with Crippen LogP contribution in [0, 0.1) is 0 Å². The Morgan fingerprint density at radius 2 is 1.66 bits per heavy atom. The van der Waals surface area contributed by atoms with Gasteiger partial charge in [-0.15, -0.1) is 20.5 Å². The number of hydrogen-bond donors (Lipinski definition) is 0. The van der Waals surface area contributed by atoms with Crippen LogP contribution in [-0.4, -0.2) is 43.4 Å². The van der Waals surface area contributed by atoms with Crippen molar-refractivity contribution in [3.8, 4) is 5.75 Å². The summed E-state index contributed by atoms with van der Waals surface area (Å²) >= 11 is 2.84. The number of rotatable bonds is 14. The summed E-state index contributed by atoms with van der Waals surface area (Å²) < 4.78 is 16.3. The summed E-state index contributed by atoms with van der Waals surface area (Å²) in [6, 6.07) is 16.6.